The Morgan fingerprint density at radius 2 is 1.35 bits per heavy atom. The first kappa shape index (κ1) is 46.3. The highest BCUT2D eigenvalue weighted by Gasteiger charge is 2.05. The number of unbranched alkanes of at least 4 members (excludes halogenated alkanes) is 8. The van der Waals surface area contributed by atoms with E-state index in [-0.39, 0.29) is 5.75 Å². The van der Waals surface area contributed by atoms with Crippen LogP contribution in [0.4, 0.5) is 5.69 Å². The summed E-state index contributed by atoms with van der Waals surface area (Å²) in [5.41, 5.74) is 5.85. The fraction of sp³-hybridized carbons (Fsp3) is 0.451. The third kappa shape index (κ3) is 20.6. The van der Waals surface area contributed by atoms with Crippen LogP contribution in [-0.4, -0.2) is 38.0 Å². The molecule has 0 bridgehead atoms. The zero-order valence-corrected chi connectivity index (χ0v) is 35.4. The molecule has 1 atom stereocenters. The lowest BCUT2D eigenvalue weighted by Gasteiger charge is -2.15. The number of hydrogen-bond acceptors (Lipinski definition) is 6. The number of benzene rings is 4. The Morgan fingerprint density at radius 1 is 0.649 bits per heavy atom. The van der Waals surface area contributed by atoms with Crippen molar-refractivity contribution in [1.29, 1.82) is 0 Å². The molecular formula is C51H68N2O4. The van der Waals surface area contributed by atoms with Crippen LogP contribution in [0.5, 0.6) is 23.0 Å². The summed E-state index contributed by atoms with van der Waals surface area (Å²) in [7, 11) is 1.56. The summed E-state index contributed by atoms with van der Waals surface area (Å²) < 4.78 is 16.3. The molecule has 0 spiro atoms. The van der Waals surface area contributed by atoms with Crippen LogP contribution in [0.25, 0.3) is 0 Å². The minimum atomic E-state index is 0.168. The third-order valence-corrected chi connectivity index (χ3v) is 9.32. The van der Waals surface area contributed by atoms with Gasteiger partial charge in [-0.25, -0.2) is 0 Å². The molecule has 0 aliphatic rings. The lowest BCUT2D eigenvalue weighted by molar-refractivity contribution is 0.323. The van der Waals surface area contributed by atoms with Gasteiger partial charge in [-0.15, -0.1) is 0 Å². The highest BCUT2D eigenvalue weighted by molar-refractivity contribution is 5.47. The quantitative estimate of drug-likeness (QED) is 0.0515. The first-order chi connectivity index (χ1) is 27.9. The number of anilines is 1. The van der Waals surface area contributed by atoms with Gasteiger partial charge in [-0.1, -0.05) is 99.1 Å². The molecule has 3 N–H and O–H groups in total. The van der Waals surface area contributed by atoms with Gasteiger partial charge in [0.2, 0.25) is 0 Å². The number of rotatable bonds is 23. The molecule has 4 rings (SSSR count). The minimum Gasteiger partial charge on any atom is -0.504 e. The zero-order valence-electron chi connectivity index (χ0n) is 35.4. The standard InChI is InChI=1S/C26H35N.C25H33NO4/c1-3-4-5-10-19-25-20-14-21-26(22-25)27-23(2)15-9-6-7-11-16-24-17-12-8-13-18-24;1-4-29-22-15-20(16-23(18-22)30-5-2)11-9-7-6-8-10-14-26-19-21-12-13-24(27)25(17-21)28-3/h8,12-14,17-18,20-23,27H,3-7,9-10,15,19H2,1-2H3;12-13,15-18,26-27H,4-8,10,14,19H2,1-3H3. The van der Waals surface area contributed by atoms with Gasteiger partial charge < -0.3 is 30.0 Å². The van der Waals surface area contributed by atoms with Crippen LogP contribution in [0.3, 0.4) is 0 Å². The van der Waals surface area contributed by atoms with Crippen LogP contribution in [0, 0.1) is 23.7 Å². The van der Waals surface area contributed by atoms with Gasteiger partial charge in [-0.3, -0.25) is 0 Å². The van der Waals surface area contributed by atoms with Gasteiger partial charge in [0.05, 0.1) is 20.3 Å². The molecule has 0 fully saturated rings. The third-order valence-electron chi connectivity index (χ3n) is 9.32. The monoisotopic (exact) mass is 773 g/mol. The number of aromatic hydroxyl groups is 1. The molecule has 0 aromatic heterocycles. The van der Waals surface area contributed by atoms with Crippen molar-refractivity contribution < 1.29 is 19.3 Å². The maximum atomic E-state index is 9.63. The van der Waals surface area contributed by atoms with E-state index in [9.17, 15) is 5.11 Å². The molecular weight excluding hydrogens is 705 g/mol. The van der Waals surface area contributed by atoms with Gasteiger partial charge in [0.25, 0.3) is 0 Å². The van der Waals surface area contributed by atoms with E-state index < -0.39 is 0 Å². The summed E-state index contributed by atoms with van der Waals surface area (Å²) >= 11 is 0. The smallest absolute Gasteiger partial charge is 0.160 e. The topological polar surface area (TPSA) is 72.0 Å². The van der Waals surface area contributed by atoms with E-state index in [0.29, 0.717) is 25.0 Å². The maximum Gasteiger partial charge on any atom is 0.160 e. The molecule has 57 heavy (non-hydrogen) atoms. The van der Waals surface area contributed by atoms with Crippen molar-refractivity contribution in [3.05, 3.63) is 113 Å². The van der Waals surface area contributed by atoms with Crippen LogP contribution in [0.2, 0.25) is 0 Å². The number of phenols is 1. The fourth-order valence-corrected chi connectivity index (χ4v) is 6.29. The number of phenolic OH excluding ortho intramolecular Hbond substituents is 1. The van der Waals surface area contributed by atoms with E-state index in [4.69, 9.17) is 14.2 Å². The van der Waals surface area contributed by atoms with E-state index >= 15 is 0 Å². The van der Waals surface area contributed by atoms with Crippen molar-refractivity contribution in [2.75, 3.05) is 32.2 Å². The zero-order chi connectivity index (χ0) is 40.8. The number of nitrogens with one attached hydrogen (secondary N) is 2. The van der Waals surface area contributed by atoms with Gasteiger partial charge in [0.1, 0.15) is 11.5 Å². The minimum absolute atomic E-state index is 0.168. The molecule has 6 nitrogen and oxygen atoms in total. The first-order valence-electron chi connectivity index (χ1n) is 21.3. The van der Waals surface area contributed by atoms with Crippen molar-refractivity contribution in [2.45, 2.75) is 124 Å². The summed E-state index contributed by atoms with van der Waals surface area (Å²) in [6.07, 6.45) is 15.2. The van der Waals surface area contributed by atoms with Crippen LogP contribution in [-0.2, 0) is 13.0 Å². The summed E-state index contributed by atoms with van der Waals surface area (Å²) in [5, 5.41) is 16.7. The van der Waals surface area contributed by atoms with Crippen molar-refractivity contribution in [1.82, 2.24) is 5.32 Å². The lowest BCUT2D eigenvalue weighted by Crippen LogP contribution is -2.14. The molecule has 0 radical (unpaired) electrons. The molecule has 306 valence electrons. The fourth-order valence-electron chi connectivity index (χ4n) is 6.29. The molecule has 4 aromatic rings. The number of ether oxygens (including phenoxy) is 3. The predicted octanol–water partition coefficient (Wildman–Crippen LogP) is 12.1. The van der Waals surface area contributed by atoms with Gasteiger partial charge in [0, 0.05) is 48.3 Å². The normalized spacial score (nSPS) is 10.8. The van der Waals surface area contributed by atoms with Crippen molar-refractivity contribution in [3.8, 4) is 46.7 Å². The Kier molecular flexibility index (Phi) is 23.8. The van der Waals surface area contributed by atoms with E-state index in [1.807, 2.05) is 62.4 Å². The molecule has 0 heterocycles. The van der Waals surface area contributed by atoms with E-state index in [2.05, 4.69) is 84.6 Å². The largest absolute Gasteiger partial charge is 0.504 e. The van der Waals surface area contributed by atoms with Crippen LogP contribution >= 0.6 is 0 Å². The summed E-state index contributed by atoms with van der Waals surface area (Å²) in [4.78, 5) is 0. The molecule has 0 aliphatic carbocycles. The van der Waals surface area contributed by atoms with Crippen molar-refractivity contribution in [3.63, 3.8) is 0 Å². The second kappa shape index (κ2) is 29.2. The molecule has 1 unspecified atom stereocenters. The van der Waals surface area contributed by atoms with Crippen LogP contribution in [0.15, 0.2) is 91.0 Å². The second-order valence-corrected chi connectivity index (χ2v) is 14.3. The van der Waals surface area contributed by atoms with Crippen molar-refractivity contribution in [2.24, 2.45) is 0 Å². The summed E-state index contributed by atoms with van der Waals surface area (Å²) in [6.45, 7) is 11.4. The first-order valence-corrected chi connectivity index (χ1v) is 21.3. The average molecular weight is 773 g/mol. The van der Waals surface area contributed by atoms with Crippen molar-refractivity contribution >= 4 is 5.69 Å². The predicted molar refractivity (Wildman–Crippen MR) is 240 cm³/mol. The summed E-state index contributed by atoms with van der Waals surface area (Å²) in [6, 6.07) is 30.9. The molecule has 0 saturated carbocycles. The SMILES string of the molecule is CCCCCCc1cccc(NC(C)CCCCC#Cc2ccccc2)c1.CCOc1cc(C#CCCCCCNCc2ccc(O)c(OC)c2)cc(OCC)c1. The van der Waals surface area contributed by atoms with E-state index in [0.717, 1.165) is 73.4 Å². The molecule has 6 heteroatoms. The molecule has 0 saturated heterocycles. The van der Waals surface area contributed by atoms with Crippen LogP contribution in [0.1, 0.15) is 127 Å². The Morgan fingerprint density at radius 3 is 2.05 bits per heavy atom. The Labute approximate surface area is 345 Å². The van der Waals surface area contributed by atoms with E-state index in [1.54, 1.807) is 13.2 Å². The van der Waals surface area contributed by atoms with E-state index in [1.165, 1.54) is 62.6 Å². The van der Waals surface area contributed by atoms with Gasteiger partial charge in [-0.05, 0) is 125 Å². The average Bonchev–Trinajstić information content (AvgIpc) is 3.22. The number of methoxy groups -OCH3 is 1. The van der Waals surface area contributed by atoms with Crippen LogP contribution < -0.4 is 24.8 Å². The molecule has 0 amide bonds. The second-order valence-electron chi connectivity index (χ2n) is 14.3. The summed E-state index contributed by atoms with van der Waals surface area (Å²) in [5.74, 6) is 15.3. The Bertz CT molecular complexity index is 1780. The number of hydrogen-bond donors (Lipinski definition) is 3. The van der Waals surface area contributed by atoms with Gasteiger partial charge in [-0.2, -0.15) is 0 Å². The Balaban J connectivity index is 0.000000307. The maximum absolute atomic E-state index is 9.63. The number of aryl methyl sites for hydroxylation is 1. The van der Waals surface area contributed by atoms with Gasteiger partial charge in [0.15, 0.2) is 11.5 Å². The Hall–Kier alpha value is -5.04. The molecule has 0 aliphatic heterocycles. The van der Waals surface area contributed by atoms with Gasteiger partial charge >= 0.3 is 0 Å². The lowest BCUT2D eigenvalue weighted by atomic mass is 10.0. The highest BCUT2D eigenvalue weighted by Crippen LogP contribution is 2.26. The molecule has 4 aromatic carbocycles. The highest BCUT2D eigenvalue weighted by atomic mass is 16.5.